The van der Waals surface area contributed by atoms with Gasteiger partial charge in [0.25, 0.3) is 0 Å². The first-order valence-corrected chi connectivity index (χ1v) is 29.6. The number of rotatable bonds is 6. The summed E-state index contributed by atoms with van der Waals surface area (Å²) in [4.78, 5) is 0. The van der Waals surface area contributed by atoms with Crippen LogP contribution in [0.15, 0.2) is 324 Å². The minimum absolute atomic E-state index is 0.914. The summed E-state index contributed by atoms with van der Waals surface area (Å²) in [7, 11) is 0. The summed E-state index contributed by atoms with van der Waals surface area (Å²) >= 11 is 0. The van der Waals surface area contributed by atoms with E-state index >= 15 is 0 Å². The van der Waals surface area contributed by atoms with Gasteiger partial charge in [-0.2, -0.15) is 0 Å². The van der Waals surface area contributed by atoms with Gasteiger partial charge in [0.1, 0.15) is 22.3 Å². The molecule has 86 heavy (non-hydrogen) atoms. The van der Waals surface area contributed by atoms with Crippen molar-refractivity contribution in [2.24, 2.45) is 0 Å². The average Bonchev–Trinajstić information content (AvgIpc) is 1.32. The first-order chi connectivity index (χ1) is 42.7. The van der Waals surface area contributed by atoms with Crippen LogP contribution in [0.1, 0.15) is 0 Å². The molecule has 16 aromatic carbocycles. The Morgan fingerprint density at radius 1 is 0.174 bits per heavy atom. The van der Waals surface area contributed by atoms with E-state index in [2.05, 4.69) is 315 Å². The zero-order valence-corrected chi connectivity index (χ0v) is 46.8. The fraction of sp³-hybridized carbons (Fsp3) is 0. The van der Waals surface area contributed by atoms with Crippen molar-refractivity contribution in [1.82, 2.24) is 0 Å². The van der Waals surface area contributed by atoms with Crippen LogP contribution in [0.25, 0.3) is 175 Å². The summed E-state index contributed by atoms with van der Waals surface area (Å²) in [5, 5.41) is 19.5. The Morgan fingerprint density at radius 3 is 1.00 bits per heavy atom. The van der Waals surface area contributed by atoms with Crippen LogP contribution in [0, 0.1) is 0 Å². The molecule has 0 aliphatic carbocycles. The predicted octanol–water partition coefficient (Wildman–Crippen LogP) is 24.1. The maximum absolute atomic E-state index is 6.51. The maximum atomic E-state index is 6.51. The van der Waals surface area contributed by atoms with Crippen molar-refractivity contribution in [3.05, 3.63) is 315 Å². The Labute approximate surface area is 496 Å². The fourth-order valence-corrected chi connectivity index (χ4v) is 14.0. The minimum atomic E-state index is 0.914. The molecule has 0 atom stereocenters. The lowest BCUT2D eigenvalue weighted by atomic mass is 9.85. The van der Waals surface area contributed by atoms with Gasteiger partial charge in [0.15, 0.2) is 0 Å². The Hall–Kier alpha value is -11.3. The van der Waals surface area contributed by atoms with E-state index in [-0.39, 0.29) is 0 Å². The summed E-state index contributed by atoms with van der Waals surface area (Å²) in [5.41, 5.74) is 18.4. The lowest BCUT2D eigenvalue weighted by molar-refractivity contribution is 0.669. The number of hydrogen-bond acceptors (Lipinski definition) is 2. The second-order valence-corrected chi connectivity index (χ2v) is 22.5. The standard InChI is InChI=1S/2C42H26O/c1-2-13-28(14-3-1)39-33-18-6-8-20-35(33)40(36-21-9-7-19-34(36)39)30-16-10-15-29(26-30)31-22-11-23-38-41(31)37-25-24-27-12-4-5-17-32(27)42(37)43-38;1-2-13-28(14-3-1)39-33-18-6-8-20-35(33)40(36-21-9-7-19-34(36)39)30-16-10-15-29(26-30)32-22-11-23-37-42(32)41-31-17-5-4-12-27(31)24-25-38(41)43-37/h2*1-26H. The van der Waals surface area contributed by atoms with Crippen molar-refractivity contribution in [3.63, 3.8) is 0 Å². The maximum Gasteiger partial charge on any atom is 0.143 e. The van der Waals surface area contributed by atoms with E-state index in [0.717, 1.165) is 38.5 Å². The third-order valence-corrected chi connectivity index (χ3v) is 17.7. The third-order valence-electron chi connectivity index (χ3n) is 17.7. The Kier molecular flexibility index (Phi) is 11.6. The second-order valence-electron chi connectivity index (χ2n) is 22.5. The molecule has 0 aliphatic heterocycles. The highest BCUT2D eigenvalue weighted by Crippen LogP contribution is 2.48. The van der Waals surface area contributed by atoms with E-state index in [0.29, 0.717) is 0 Å². The van der Waals surface area contributed by atoms with E-state index in [1.807, 2.05) is 0 Å². The van der Waals surface area contributed by atoms with Crippen LogP contribution >= 0.6 is 0 Å². The molecule has 400 valence electrons. The van der Waals surface area contributed by atoms with E-state index in [9.17, 15) is 0 Å². The quantitative estimate of drug-likeness (QED) is 0.155. The van der Waals surface area contributed by atoms with Gasteiger partial charge in [-0.05, 0) is 162 Å². The van der Waals surface area contributed by atoms with Gasteiger partial charge in [0.2, 0.25) is 0 Å². The molecule has 0 unspecified atom stereocenters. The van der Waals surface area contributed by atoms with Crippen molar-refractivity contribution < 1.29 is 8.83 Å². The highest BCUT2D eigenvalue weighted by Gasteiger charge is 2.22. The van der Waals surface area contributed by atoms with Crippen LogP contribution in [0.5, 0.6) is 0 Å². The summed E-state index contributed by atoms with van der Waals surface area (Å²) in [6.07, 6.45) is 0. The van der Waals surface area contributed by atoms with Gasteiger partial charge in [0.05, 0.1) is 0 Å². The molecule has 2 heteroatoms. The molecule has 2 nitrogen and oxygen atoms in total. The average molecular weight is 1090 g/mol. The highest BCUT2D eigenvalue weighted by molar-refractivity contribution is 6.26. The third kappa shape index (κ3) is 7.95. The molecule has 0 saturated carbocycles. The molecule has 0 fully saturated rings. The Balaban J connectivity index is 0.000000134. The van der Waals surface area contributed by atoms with Crippen molar-refractivity contribution in [2.45, 2.75) is 0 Å². The van der Waals surface area contributed by atoms with Crippen molar-refractivity contribution in [1.29, 1.82) is 0 Å². The van der Waals surface area contributed by atoms with Crippen LogP contribution in [0.2, 0.25) is 0 Å². The van der Waals surface area contributed by atoms with Gasteiger partial charge in [0, 0.05) is 26.9 Å². The predicted molar refractivity (Wildman–Crippen MR) is 365 cm³/mol. The fourth-order valence-electron chi connectivity index (χ4n) is 14.0. The van der Waals surface area contributed by atoms with E-state index in [4.69, 9.17) is 8.83 Å². The molecule has 0 saturated heterocycles. The van der Waals surface area contributed by atoms with Gasteiger partial charge < -0.3 is 8.83 Å². The number of benzene rings is 16. The van der Waals surface area contributed by atoms with Gasteiger partial charge in [-0.15, -0.1) is 0 Å². The van der Waals surface area contributed by atoms with Crippen LogP contribution in [-0.2, 0) is 0 Å². The molecule has 18 aromatic rings. The van der Waals surface area contributed by atoms with Crippen LogP contribution in [-0.4, -0.2) is 0 Å². The van der Waals surface area contributed by atoms with Gasteiger partial charge in [-0.1, -0.05) is 279 Å². The molecular weight excluding hydrogens is 1040 g/mol. The summed E-state index contributed by atoms with van der Waals surface area (Å²) < 4.78 is 12.9. The number of furan rings is 2. The topological polar surface area (TPSA) is 26.3 Å². The Morgan fingerprint density at radius 2 is 0.512 bits per heavy atom. The summed E-state index contributed by atoms with van der Waals surface area (Å²) in [5.74, 6) is 0. The molecule has 0 spiro atoms. The molecule has 18 rings (SSSR count). The SMILES string of the molecule is c1ccc(-c2c3ccccc3c(-c3cccc(-c4cccc5oc6c7ccccc7ccc6c45)c3)c3ccccc23)cc1.c1ccc(-c2c3ccccc3c(-c3cccc(-c4cccc5oc6ccc7ccccc7c6c45)c3)c3ccccc23)cc1. The minimum Gasteiger partial charge on any atom is -0.456 e. The number of fused-ring (bicyclic) bond motifs is 14. The summed E-state index contributed by atoms with van der Waals surface area (Å²) in [6.45, 7) is 0. The zero-order valence-electron chi connectivity index (χ0n) is 46.8. The highest BCUT2D eigenvalue weighted by atomic mass is 16.3. The molecule has 0 amide bonds. The smallest absolute Gasteiger partial charge is 0.143 e. The zero-order chi connectivity index (χ0) is 56.7. The van der Waals surface area contributed by atoms with Crippen molar-refractivity contribution in [3.8, 4) is 66.8 Å². The van der Waals surface area contributed by atoms with E-state index in [1.54, 1.807) is 0 Å². The molecule has 2 aromatic heterocycles. The monoisotopic (exact) mass is 1090 g/mol. The first-order valence-electron chi connectivity index (χ1n) is 29.6. The molecule has 2 heterocycles. The van der Waals surface area contributed by atoms with Crippen LogP contribution in [0.4, 0.5) is 0 Å². The van der Waals surface area contributed by atoms with Gasteiger partial charge in [-0.3, -0.25) is 0 Å². The molecule has 0 aliphatic rings. The molecule has 0 radical (unpaired) electrons. The molecule has 0 N–H and O–H groups in total. The van der Waals surface area contributed by atoms with Crippen LogP contribution < -0.4 is 0 Å². The van der Waals surface area contributed by atoms with E-state index < -0.39 is 0 Å². The lowest BCUT2D eigenvalue weighted by Gasteiger charge is -2.18. The van der Waals surface area contributed by atoms with Crippen molar-refractivity contribution >= 4 is 109 Å². The van der Waals surface area contributed by atoms with E-state index in [1.165, 1.54) is 137 Å². The Bertz CT molecular complexity index is 5590. The normalized spacial score (nSPS) is 11.7. The lowest BCUT2D eigenvalue weighted by Crippen LogP contribution is -1.91. The first kappa shape index (κ1) is 49.3. The van der Waals surface area contributed by atoms with Gasteiger partial charge >= 0.3 is 0 Å². The van der Waals surface area contributed by atoms with Gasteiger partial charge in [-0.25, -0.2) is 0 Å². The van der Waals surface area contributed by atoms with Crippen molar-refractivity contribution in [2.75, 3.05) is 0 Å². The summed E-state index contributed by atoms with van der Waals surface area (Å²) in [6, 6.07) is 113. The molecular formula is C84H52O2. The number of hydrogen-bond donors (Lipinski definition) is 0. The second kappa shape index (κ2) is 20.2. The van der Waals surface area contributed by atoms with Crippen LogP contribution in [0.3, 0.4) is 0 Å². The molecule has 0 bridgehead atoms. The largest absolute Gasteiger partial charge is 0.456 e.